The fraction of sp³-hybridized carbons (Fsp3) is 0.389. The Kier molecular flexibility index (Phi) is 5.49. The number of urea groups is 1. The summed E-state index contributed by atoms with van der Waals surface area (Å²) in [4.78, 5) is 42.5. The van der Waals surface area contributed by atoms with Crippen LogP contribution in [0.5, 0.6) is 0 Å². The highest BCUT2D eigenvalue weighted by molar-refractivity contribution is 6.38. The molecule has 3 rings (SSSR count). The van der Waals surface area contributed by atoms with Crippen LogP contribution in [-0.2, 0) is 16.1 Å². The zero-order valence-corrected chi connectivity index (χ0v) is 15.4. The number of hydrogen-bond acceptors (Lipinski definition) is 5. The number of aromatic nitrogens is 3. The zero-order valence-electron chi connectivity index (χ0n) is 15.4. The number of nitrogens with one attached hydrogen (secondary N) is 1. The van der Waals surface area contributed by atoms with Gasteiger partial charge in [-0.25, -0.2) is 4.79 Å². The van der Waals surface area contributed by atoms with Crippen LogP contribution in [0.2, 0.25) is 0 Å². The number of amides is 4. The number of likely N-dealkylation sites (N-methyl/N-ethyl adjacent to an activating group) is 1. The molecule has 9 heteroatoms. The Hall–Kier alpha value is -3.23. The van der Waals surface area contributed by atoms with Gasteiger partial charge >= 0.3 is 17.8 Å². The molecule has 0 atom stereocenters. The van der Waals surface area contributed by atoms with Crippen molar-refractivity contribution in [1.82, 2.24) is 29.9 Å². The number of pyridine rings is 1. The average Bonchev–Trinajstić information content (AvgIpc) is 3.05. The zero-order chi connectivity index (χ0) is 19.4. The van der Waals surface area contributed by atoms with Gasteiger partial charge in [-0.05, 0) is 32.0 Å². The number of imide groups is 1. The molecule has 0 spiro atoms. The molecule has 27 heavy (non-hydrogen) atoms. The van der Waals surface area contributed by atoms with Gasteiger partial charge in [-0.3, -0.25) is 24.2 Å². The van der Waals surface area contributed by atoms with Crippen LogP contribution in [0.4, 0.5) is 4.79 Å². The number of carbonyl (C=O) groups is 3. The molecule has 142 valence electrons. The summed E-state index contributed by atoms with van der Waals surface area (Å²) in [5.41, 5.74) is 2.75. The standard InChI is InChI=1S/C18H22N6O3/c1-3-22-10-11-23(17(26)16(22)25)18(27)20-8-9-24-13(2)12-15(21-24)14-4-6-19-7-5-14/h4-7,12H,3,8-11H2,1-2H3,(H,20,27). The summed E-state index contributed by atoms with van der Waals surface area (Å²) >= 11 is 0. The molecule has 2 aromatic heterocycles. The summed E-state index contributed by atoms with van der Waals surface area (Å²) in [6.07, 6.45) is 3.42. The van der Waals surface area contributed by atoms with Crippen molar-refractivity contribution in [2.45, 2.75) is 20.4 Å². The predicted molar refractivity (Wildman–Crippen MR) is 97.6 cm³/mol. The molecule has 0 unspecified atom stereocenters. The third kappa shape index (κ3) is 3.97. The lowest BCUT2D eigenvalue weighted by molar-refractivity contribution is -0.153. The summed E-state index contributed by atoms with van der Waals surface area (Å²) < 4.78 is 1.79. The average molecular weight is 370 g/mol. The van der Waals surface area contributed by atoms with Crippen LogP contribution in [0.3, 0.4) is 0 Å². The molecule has 1 aliphatic rings. The van der Waals surface area contributed by atoms with Gasteiger partial charge in [-0.1, -0.05) is 0 Å². The second-order valence-electron chi connectivity index (χ2n) is 6.20. The topological polar surface area (TPSA) is 100 Å². The summed E-state index contributed by atoms with van der Waals surface area (Å²) in [5, 5.41) is 7.22. The molecule has 0 saturated carbocycles. The number of hydrogen-bond donors (Lipinski definition) is 1. The largest absolute Gasteiger partial charge is 0.336 e. The maximum atomic E-state index is 12.2. The molecule has 4 amide bonds. The van der Waals surface area contributed by atoms with E-state index < -0.39 is 17.8 Å². The third-order valence-electron chi connectivity index (χ3n) is 4.49. The first-order chi connectivity index (χ1) is 13.0. The Balaban J connectivity index is 1.56. The molecule has 0 aliphatic carbocycles. The van der Waals surface area contributed by atoms with Gasteiger partial charge in [0.05, 0.1) is 12.2 Å². The maximum Gasteiger partial charge on any atom is 0.324 e. The van der Waals surface area contributed by atoms with E-state index in [9.17, 15) is 14.4 Å². The van der Waals surface area contributed by atoms with Gasteiger partial charge < -0.3 is 10.2 Å². The molecule has 0 bridgehead atoms. The lowest BCUT2D eigenvalue weighted by Crippen LogP contribution is -2.58. The Morgan fingerprint density at radius 3 is 2.63 bits per heavy atom. The van der Waals surface area contributed by atoms with Crippen molar-refractivity contribution in [2.24, 2.45) is 0 Å². The summed E-state index contributed by atoms with van der Waals surface area (Å²) in [6.45, 7) is 5.52. The Morgan fingerprint density at radius 2 is 1.93 bits per heavy atom. The van der Waals surface area contributed by atoms with Crippen molar-refractivity contribution < 1.29 is 14.4 Å². The van der Waals surface area contributed by atoms with Crippen molar-refractivity contribution >= 4 is 17.8 Å². The van der Waals surface area contributed by atoms with Crippen molar-refractivity contribution in [3.63, 3.8) is 0 Å². The minimum absolute atomic E-state index is 0.206. The number of aryl methyl sites for hydroxylation is 1. The number of carbonyl (C=O) groups excluding carboxylic acids is 3. The van der Waals surface area contributed by atoms with E-state index in [1.54, 1.807) is 24.0 Å². The van der Waals surface area contributed by atoms with Gasteiger partial charge in [0, 0.05) is 49.8 Å². The van der Waals surface area contributed by atoms with E-state index in [-0.39, 0.29) is 6.54 Å². The third-order valence-corrected chi connectivity index (χ3v) is 4.49. The molecule has 0 aromatic carbocycles. The van der Waals surface area contributed by atoms with E-state index in [1.165, 1.54) is 4.90 Å². The molecule has 2 aromatic rings. The fourth-order valence-electron chi connectivity index (χ4n) is 2.93. The lowest BCUT2D eigenvalue weighted by Gasteiger charge is -2.31. The first kappa shape index (κ1) is 18.6. The van der Waals surface area contributed by atoms with E-state index in [1.807, 2.05) is 25.1 Å². The fourth-order valence-corrected chi connectivity index (χ4v) is 2.93. The summed E-state index contributed by atoms with van der Waals surface area (Å²) in [5.74, 6) is -1.42. The van der Waals surface area contributed by atoms with E-state index in [4.69, 9.17) is 0 Å². The molecule has 1 aliphatic heterocycles. The number of piperazine rings is 1. The van der Waals surface area contributed by atoms with Gasteiger partial charge in [0.1, 0.15) is 0 Å². The van der Waals surface area contributed by atoms with Gasteiger partial charge in [0.25, 0.3) is 0 Å². The van der Waals surface area contributed by atoms with E-state index >= 15 is 0 Å². The molecule has 9 nitrogen and oxygen atoms in total. The van der Waals surface area contributed by atoms with Crippen molar-refractivity contribution in [3.05, 3.63) is 36.3 Å². The number of rotatable bonds is 5. The first-order valence-corrected chi connectivity index (χ1v) is 8.84. The van der Waals surface area contributed by atoms with Crippen molar-refractivity contribution in [1.29, 1.82) is 0 Å². The van der Waals surface area contributed by atoms with Crippen molar-refractivity contribution in [2.75, 3.05) is 26.2 Å². The normalized spacial score (nSPS) is 14.6. The van der Waals surface area contributed by atoms with Crippen LogP contribution in [0.1, 0.15) is 12.6 Å². The molecule has 1 fully saturated rings. The second kappa shape index (κ2) is 7.98. The maximum absolute atomic E-state index is 12.2. The van der Waals surface area contributed by atoms with E-state index in [0.717, 1.165) is 21.9 Å². The van der Waals surface area contributed by atoms with Gasteiger partial charge in [0.15, 0.2) is 0 Å². The molecule has 1 N–H and O–H groups in total. The highest BCUT2D eigenvalue weighted by Gasteiger charge is 2.35. The smallest absolute Gasteiger partial charge is 0.324 e. The minimum Gasteiger partial charge on any atom is -0.336 e. The van der Waals surface area contributed by atoms with Crippen LogP contribution in [0, 0.1) is 6.92 Å². The van der Waals surface area contributed by atoms with Gasteiger partial charge in [-0.15, -0.1) is 0 Å². The van der Waals surface area contributed by atoms with E-state index in [0.29, 0.717) is 26.2 Å². The molecular weight excluding hydrogens is 348 g/mol. The number of nitrogens with zero attached hydrogens (tertiary/aromatic N) is 5. The Bertz CT molecular complexity index is 848. The van der Waals surface area contributed by atoms with Crippen LogP contribution in [0.25, 0.3) is 11.3 Å². The predicted octanol–water partition coefficient (Wildman–Crippen LogP) is 0.654. The van der Waals surface area contributed by atoms with Crippen LogP contribution in [0.15, 0.2) is 30.6 Å². The monoisotopic (exact) mass is 370 g/mol. The van der Waals surface area contributed by atoms with Crippen LogP contribution >= 0.6 is 0 Å². The molecule has 1 saturated heterocycles. The molecular formula is C18H22N6O3. The quantitative estimate of drug-likeness (QED) is 0.779. The first-order valence-electron chi connectivity index (χ1n) is 8.84. The lowest BCUT2D eigenvalue weighted by atomic mass is 10.2. The molecule has 0 radical (unpaired) electrons. The molecule has 3 heterocycles. The van der Waals surface area contributed by atoms with Crippen LogP contribution < -0.4 is 5.32 Å². The summed E-state index contributed by atoms with van der Waals surface area (Å²) in [6, 6.07) is 5.17. The SMILES string of the molecule is CCN1CCN(C(=O)NCCn2nc(-c3ccncc3)cc2C)C(=O)C1=O. The van der Waals surface area contributed by atoms with Gasteiger partial charge in [0.2, 0.25) is 0 Å². The van der Waals surface area contributed by atoms with E-state index in [2.05, 4.69) is 15.4 Å². The van der Waals surface area contributed by atoms with Crippen molar-refractivity contribution in [3.8, 4) is 11.3 Å². The highest BCUT2D eigenvalue weighted by Crippen LogP contribution is 2.17. The van der Waals surface area contributed by atoms with Crippen LogP contribution in [-0.4, -0.2) is 68.6 Å². The second-order valence-corrected chi connectivity index (χ2v) is 6.20. The Morgan fingerprint density at radius 1 is 1.19 bits per heavy atom. The van der Waals surface area contributed by atoms with Gasteiger partial charge in [-0.2, -0.15) is 5.10 Å². The summed E-state index contributed by atoms with van der Waals surface area (Å²) in [7, 11) is 0. The highest BCUT2D eigenvalue weighted by atomic mass is 16.2. The minimum atomic E-state index is -0.782. The Labute approximate surface area is 157 Å².